The highest BCUT2D eigenvalue weighted by molar-refractivity contribution is 5.95. The fourth-order valence-electron chi connectivity index (χ4n) is 2.39. The van der Waals surface area contributed by atoms with Crippen molar-refractivity contribution in [2.24, 2.45) is 0 Å². The Bertz CT molecular complexity index is 539. The molecule has 7 heteroatoms. The minimum Gasteiger partial charge on any atom is -0.378 e. The summed E-state index contributed by atoms with van der Waals surface area (Å²) in [5.74, 6) is -0.248. The molecule has 1 atom stereocenters. The lowest BCUT2D eigenvalue weighted by Crippen LogP contribution is -2.29. The summed E-state index contributed by atoms with van der Waals surface area (Å²) in [7, 11) is 3.23. The van der Waals surface area contributed by atoms with Crippen molar-refractivity contribution in [3.8, 4) is 0 Å². The molecule has 0 bridgehead atoms. The number of carbonyl (C=O) groups excluding carboxylic acids is 1. The number of nitro benzene ring substituents is 1. The van der Waals surface area contributed by atoms with Crippen LogP contribution in [0, 0.1) is 10.1 Å². The van der Waals surface area contributed by atoms with Gasteiger partial charge in [-0.25, -0.2) is 0 Å². The molecule has 7 nitrogen and oxygen atoms in total. The molecule has 21 heavy (non-hydrogen) atoms. The fraction of sp³-hybridized carbons (Fsp3) is 0.500. The van der Waals surface area contributed by atoms with Gasteiger partial charge in [-0.05, 0) is 31.5 Å². The first-order chi connectivity index (χ1) is 9.99. The fourth-order valence-corrected chi connectivity index (χ4v) is 2.39. The van der Waals surface area contributed by atoms with Crippen LogP contribution >= 0.6 is 0 Å². The summed E-state index contributed by atoms with van der Waals surface area (Å²) in [6.07, 6.45) is 2.20. The molecule has 1 amide bonds. The molecule has 1 aliphatic rings. The Kier molecular flexibility index (Phi) is 4.74. The third-order valence-corrected chi connectivity index (χ3v) is 3.55. The maximum absolute atomic E-state index is 11.9. The highest BCUT2D eigenvalue weighted by Crippen LogP contribution is 2.26. The molecule has 0 spiro atoms. The van der Waals surface area contributed by atoms with Gasteiger partial charge in [0.2, 0.25) is 0 Å². The lowest BCUT2D eigenvalue weighted by atomic mass is 10.1. The Balaban J connectivity index is 2.16. The average molecular weight is 292 g/mol. The lowest BCUT2D eigenvalue weighted by molar-refractivity contribution is -0.384. The maximum atomic E-state index is 11.9. The smallest absolute Gasteiger partial charge is 0.293 e. The first-order valence-electron chi connectivity index (χ1n) is 6.96. The van der Waals surface area contributed by atoms with Crippen LogP contribution in [-0.2, 0) is 0 Å². The second-order valence-corrected chi connectivity index (χ2v) is 5.36. The van der Waals surface area contributed by atoms with Gasteiger partial charge >= 0.3 is 0 Å². The van der Waals surface area contributed by atoms with E-state index < -0.39 is 4.92 Å². The van der Waals surface area contributed by atoms with Crippen LogP contribution in [0.15, 0.2) is 18.2 Å². The Morgan fingerprint density at radius 1 is 1.52 bits per heavy atom. The molecule has 0 aliphatic carbocycles. The van der Waals surface area contributed by atoms with Gasteiger partial charge in [0.1, 0.15) is 5.69 Å². The second kappa shape index (κ2) is 6.53. The summed E-state index contributed by atoms with van der Waals surface area (Å²) in [4.78, 5) is 24.0. The Morgan fingerprint density at radius 3 is 2.86 bits per heavy atom. The molecule has 1 aromatic carbocycles. The van der Waals surface area contributed by atoms with Gasteiger partial charge in [-0.3, -0.25) is 14.9 Å². The zero-order valence-electron chi connectivity index (χ0n) is 12.3. The summed E-state index contributed by atoms with van der Waals surface area (Å²) < 4.78 is 0. The van der Waals surface area contributed by atoms with E-state index in [0.29, 0.717) is 23.8 Å². The summed E-state index contributed by atoms with van der Waals surface area (Å²) in [5, 5.41) is 17.6. The highest BCUT2D eigenvalue weighted by Gasteiger charge is 2.20. The Labute approximate surface area is 123 Å². The number of anilines is 1. The normalized spacial score (nSPS) is 17.5. The largest absolute Gasteiger partial charge is 0.378 e. The number of rotatable bonds is 5. The summed E-state index contributed by atoms with van der Waals surface area (Å²) >= 11 is 0. The van der Waals surface area contributed by atoms with E-state index in [1.54, 1.807) is 26.2 Å². The molecular weight excluding hydrogens is 272 g/mol. The van der Waals surface area contributed by atoms with Crippen molar-refractivity contribution in [3.05, 3.63) is 33.9 Å². The van der Waals surface area contributed by atoms with Crippen molar-refractivity contribution >= 4 is 17.3 Å². The molecule has 1 unspecified atom stereocenters. The molecule has 1 saturated heterocycles. The minimum absolute atomic E-state index is 0.0688. The highest BCUT2D eigenvalue weighted by atomic mass is 16.6. The molecule has 1 aromatic rings. The molecule has 1 heterocycles. The van der Waals surface area contributed by atoms with Crippen molar-refractivity contribution in [1.82, 2.24) is 10.2 Å². The van der Waals surface area contributed by atoms with Crippen LogP contribution in [0.25, 0.3) is 0 Å². The van der Waals surface area contributed by atoms with Gasteiger partial charge in [0.05, 0.1) is 4.92 Å². The SMILES string of the molecule is CN(C)C(=O)c1ccc(NCC2CCCN2)c([N+](=O)[O-])c1. The quantitative estimate of drug-likeness (QED) is 0.633. The molecule has 0 radical (unpaired) electrons. The molecule has 1 aliphatic heterocycles. The molecule has 114 valence electrons. The standard InChI is InChI=1S/C14H20N4O3/c1-17(2)14(19)10-5-6-12(13(8-10)18(20)21)16-9-11-4-3-7-15-11/h5-6,8,11,15-16H,3-4,7,9H2,1-2H3. The molecule has 0 saturated carbocycles. The van der Waals surface area contributed by atoms with Gasteiger partial charge in [-0.15, -0.1) is 0 Å². The number of nitrogens with zero attached hydrogens (tertiary/aromatic N) is 2. The van der Waals surface area contributed by atoms with Crippen LogP contribution in [0.4, 0.5) is 11.4 Å². The number of carbonyl (C=O) groups is 1. The topological polar surface area (TPSA) is 87.5 Å². The van der Waals surface area contributed by atoms with Crippen LogP contribution in [0.1, 0.15) is 23.2 Å². The number of benzene rings is 1. The zero-order chi connectivity index (χ0) is 15.4. The van der Waals surface area contributed by atoms with Crippen LogP contribution in [0.3, 0.4) is 0 Å². The monoisotopic (exact) mass is 292 g/mol. The lowest BCUT2D eigenvalue weighted by Gasteiger charge is -2.14. The van der Waals surface area contributed by atoms with E-state index in [-0.39, 0.29) is 11.6 Å². The van der Waals surface area contributed by atoms with Gasteiger partial charge in [-0.1, -0.05) is 0 Å². The predicted octanol–water partition coefficient (Wildman–Crippen LogP) is 1.46. The van der Waals surface area contributed by atoms with E-state index in [1.165, 1.54) is 11.0 Å². The van der Waals surface area contributed by atoms with Crippen molar-refractivity contribution in [3.63, 3.8) is 0 Å². The first kappa shape index (κ1) is 15.2. The summed E-state index contributed by atoms with van der Waals surface area (Å²) in [6, 6.07) is 4.88. The van der Waals surface area contributed by atoms with E-state index in [9.17, 15) is 14.9 Å². The number of nitrogens with one attached hydrogen (secondary N) is 2. The predicted molar refractivity (Wildman–Crippen MR) is 80.6 cm³/mol. The van der Waals surface area contributed by atoms with Crippen LogP contribution in [0.5, 0.6) is 0 Å². The van der Waals surface area contributed by atoms with Crippen LogP contribution in [-0.4, -0.2) is 49.0 Å². The van der Waals surface area contributed by atoms with Crippen LogP contribution < -0.4 is 10.6 Å². The second-order valence-electron chi connectivity index (χ2n) is 5.36. The zero-order valence-corrected chi connectivity index (χ0v) is 12.3. The van der Waals surface area contributed by atoms with E-state index in [1.807, 2.05) is 0 Å². The first-order valence-corrected chi connectivity index (χ1v) is 6.96. The van der Waals surface area contributed by atoms with Gasteiger partial charge in [0.15, 0.2) is 0 Å². The van der Waals surface area contributed by atoms with Crippen molar-refractivity contribution in [2.45, 2.75) is 18.9 Å². The van der Waals surface area contributed by atoms with Gasteiger partial charge in [0.25, 0.3) is 11.6 Å². The third-order valence-electron chi connectivity index (χ3n) is 3.55. The number of amides is 1. The van der Waals surface area contributed by atoms with E-state index in [2.05, 4.69) is 10.6 Å². The third kappa shape index (κ3) is 3.69. The van der Waals surface area contributed by atoms with Crippen LogP contribution in [0.2, 0.25) is 0 Å². The Morgan fingerprint density at radius 2 is 2.29 bits per heavy atom. The van der Waals surface area contributed by atoms with E-state index >= 15 is 0 Å². The average Bonchev–Trinajstić information content (AvgIpc) is 2.97. The van der Waals surface area contributed by atoms with E-state index in [0.717, 1.165) is 19.4 Å². The van der Waals surface area contributed by atoms with Crippen molar-refractivity contribution < 1.29 is 9.72 Å². The van der Waals surface area contributed by atoms with Crippen molar-refractivity contribution in [2.75, 3.05) is 32.5 Å². The number of hydrogen-bond donors (Lipinski definition) is 2. The molecular formula is C14H20N4O3. The van der Waals surface area contributed by atoms with E-state index in [4.69, 9.17) is 0 Å². The van der Waals surface area contributed by atoms with Gasteiger partial charge in [0, 0.05) is 38.3 Å². The number of nitro groups is 1. The Hall–Kier alpha value is -2.15. The minimum atomic E-state index is -0.461. The molecule has 0 aromatic heterocycles. The summed E-state index contributed by atoms with van der Waals surface area (Å²) in [5.41, 5.74) is 0.695. The summed E-state index contributed by atoms with van der Waals surface area (Å²) in [6.45, 7) is 1.63. The maximum Gasteiger partial charge on any atom is 0.293 e. The van der Waals surface area contributed by atoms with Gasteiger partial charge < -0.3 is 15.5 Å². The molecule has 2 rings (SSSR count). The van der Waals surface area contributed by atoms with Gasteiger partial charge in [-0.2, -0.15) is 0 Å². The molecule has 1 fully saturated rings. The molecule has 2 N–H and O–H groups in total. The number of hydrogen-bond acceptors (Lipinski definition) is 5. The van der Waals surface area contributed by atoms with Crippen molar-refractivity contribution in [1.29, 1.82) is 0 Å².